The van der Waals surface area contributed by atoms with Crippen LogP contribution in [0.1, 0.15) is 30.6 Å². The molecule has 0 spiro atoms. The highest BCUT2D eigenvalue weighted by molar-refractivity contribution is 6.02. The van der Waals surface area contributed by atoms with Crippen molar-refractivity contribution < 1.29 is 24.2 Å². The summed E-state index contributed by atoms with van der Waals surface area (Å²) in [6.07, 6.45) is 2.28. The van der Waals surface area contributed by atoms with Crippen molar-refractivity contribution in [1.82, 2.24) is 0 Å². The Labute approximate surface area is 140 Å². The first-order chi connectivity index (χ1) is 11.3. The molecule has 128 valence electrons. The largest absolute Gasteiger partial charge is 0.481 e. The summed E-state index contributed by atoms with van der Waals surface area (Å²) in [5.41, 5.74) is 1.54. The molecule has 0 aromatic heterocycles. The predicted molar refractivity (Wildman–Crippen MR) is 88.6 cm³/mol. The van der Waals surface area contributed by atoms with Gasteiger partial charge in [0.05, 0.1) is 30.2 Å². The van der Waals surface area contributed by atoms with Crippen molar-refractivity contribution in [2.24, 2.45) is 17.8 Å². The molecular formula is C18H21NO5. The molecule has 0 saturated heterocycles. The van der Waals surface area contributed by atoms with E-state index in [9.17, 15) is 19.5 Å². The Bertz CT molecular complexity index is 694. The number of methoxy groups -OCH3 is 1. The number of carboxylic acids is 1. The zero-order valence-corrected chi connectivity index (χ0v) is 13.9. The van der Waals surface area contributed by atoms with Crippen molar-refractivity contribution in [3.8, 4) is 0 Å². The van der Waals surface area contributed by atoms with Crippen LogP contribution in [0.4, 0.5) is 5.69 Å². The molecule has 0 aliphatic heterocycles. The quantitative estimate of drug-likeness (QED) is 0.654. The Morgan fingerprint density at radius 2 is 1.92 bits per heavy atom. The zero-order valence-electron chi connectivity index (χ0n) is 13.9. The maximum absolute atomic E-state index is 12.7. The first kappa shape index (κ1) is 17.7. The molecule has 0 fully saturated rings. The molecule has 6 nitrogen and oxygen atoms in total. The topological polar surface area (TPSA) is 92.7 Å². The van der Waals surface area contributed by atoms with Crippen LogP contribution in [0.25, 0.3) is 0 Å². The summed E-state index contributed by atoms with van der Waals surface area (Å²) in [5, 5.41) is 12.2. The van der Waals surface area contributed by atoms with Gasteiger partial charge in [-0.2, -0.15) is 0 Å². The van der Waals surface area contributed by atoms with Crippen LogP contribution in [0.2, 0.25) is 0 Å². The third-order valence-electron chi connectivity index (χ3n) is 4.30. The van der Waals surface area contributed by atoms with Crippen LogP contribution in [0.5, 0.6) is 0 Å². The molecule has 1 amide bonds. The third kappa shape index (κ3) is 3.64. The number of hydrogen-bond donors (Lipinski definition) is 2. The summed E-state index contributed by atoms with van der Waals surface area (Å²) < 4.78 is 4.70. The summed E-state index contributed by atoms with van der Waals surface area (Å²) >= 11 is 0. The number of carbonyl (C=O) groups excluding carboxylic acids is 2. The van der Waals surface area contributed by atoms with Gasteiger partial charge < -0.3 is 15.2 Å². The number of carbonyl (C=O) groups is 3. The molecule has 0 bridgehead atoms. The van der Waals surface area contributed by atoms with E-state index in [2.05, 4.69) is 5.32 Å². The number of hydrogen-bond acceptors (Lipinski definition) is 4. The lowest BCUT2D eigenvalue weighted by Gasteiger charge is -2.31. The number of anilines is 1. The number of esters is 1. The van der Waals surface area contributed by atoms with Gasteiger partial charge >= 0.3 is 11.9 Å². The fourth-order valence-corrected chi connectivity index (χ4v) is 3.22. The standard InChI is InChI=1S/C18H21NO5/c1-10-8-11(2)15(17(21)22)13(9-10)16(20)19-14-7-5-4-6-12(14)18(23)24-3/h4-8,11,13,15H,9H2,1-3H3,(H,19,20)(H,21,22)/t11-,13-,15+/m0/s1. The zero-order chi connectivity index (χ0) is 17.9. The number of ether oxygens (including phenoxy) is 1. The molecule has 0 heterocycles. The molecule has 0 radical (unpaired) electrons. The average Bonchev–Trinajstić information content (AvgIpc) is 2.53. The van der Waals surface area contributed by atoms with Crippen LogP contribution < -0.4 is 5.32 Å². The second-order valence-corrected chi connectivity index (χ2v) is 6.07. The van der Waals surface area contributed by atoms with E-state index >= 15 is 0 Å². The molecule has 1 aromatic carbocycles. The summed E-state index contributed by atoms with van der Waals surface area (Å²) in [4.78, 5) is 36.1. The maximum atomic E-state index is 12.7. The normalized spacial score (nSPS) is 23.1. The average molecular weight is 331 g/mol. The van der Waals surface area contributed by atoms with Gasteiger partial charge in [0.25, 0.3) is 0 Å². The van der Waals surface area contributed by atoms with Gasteiger partial charge in [0.1, 0.15) is 0 Å². The van der Waals surface area contributed by atoms with Gasteiger partial charge in [0.2, 0.25) is 5.91 Å². The number of benzene rings is 1. The third-order valence-corrected chi connectivity index (χ3v) is 4.30. The second-order valence-electron chi connectivity index (χ2n) is 6.07. The van der Waals surface area contributed by atoms with E-state index in [-0.39, 0.29) is 11.5 Å². The van der Waals surface area contributed by atoms with Gasteiger partial charge in [-0.05, 0) is 31.4 Å². The Morgan fingerprint density at radius 1 is 1.25 bits per heavy atom. The molecule has 2 rings (SSSR count). The van der Waals surface area contributed by atoms with Crippen molar-refractivity contribution >= 4 is 23.5 Å². The molecule has 1 aromatic rings. The Kier molecular flexibility index (Phi) is 5.39. The van der Waals surface area contributed by atoms with Crippen LogP contribution in [-0.4, -0.2) is 30.1 Å². The van der Waals surface area contributed by atoms with E-state index < -0.39 is 29.7 Å². The number of para-hydroxylation sites is 1. The van der Waals surface area contributed by atoms with E-state index in [4.69, 9.17) is 4.74 Å². The molecule has 6 heteroatoms. The smallest absolute Gasteiger partial charge is 0.339 e. The van der Waals surface area contributed by atoms with E-state index in [1.54, 1.807) is 31.2 Å². The maximum Gasteiger partial charge on any atom is 0.339 e. The van der Waals surface area contributed by atoms with Crippen LogP contribution >= 0.6 is 0 Å². The minimum Gasteiger partial charge on any atom is -0.481 e. The molecule has 1 aliphatic carbocycles. The highest BCUT2D eigenvalue weighted by Crippen LogP contribution is 2.35. The van der Waals surface area contributed by atoms with Crippen molar-refractivity contribution in [2.75, 3.05) is 12.4 Å². The number of amides is 1. The van der Waals surface area contributed by atoms with Gasteiger partial charge in [-0.25, -0.2) is 4.79 Å². The van der Waals surface area contributed by atoms with Crippen LogP contribution in [0, 0.1) is 17.8 Å². The molecule has 0 saturated carbocycles. The summed E-state index contributed by atoms with van der Waals surface area (Å²) in [6, 6.07) is 6.49. The lowest BCUT2D eigenvalue weighted by molar-refractivity contribution is -0.148. The van der Waals surface area contributed by atoms with Crippen LogP contribution in [0.3, 0.4) is 0 Å². The number of nitrogens with one attached hydrogen (secondary N) is 1. The molecule has 2 N–H and O–H groups in total. The fourth-order valence-electron chi connectivity index (χ4n) is 3.22. The van der Waals surface area contributed by atoms with Crippen molar-refractivity contribution in [3.63, 3.8) is 0 Å². The number of aliphatic carboxylic acids is 1. The first-order valence-electron chi connectivity index (χ1n) is 7.73. The summed E-state index contributed by atoms with van der Waals surface area (Å²) in [6.45, 7) is 3.68. The summed E-state index contributed by atoms with van der Waals surface area (Å²) in [7, 11) is 1.26. The summed E-state index contributed by atoms with van der Waals surface area (Å²) in [5.74, 6) is -3.67. The molecular weight excluding hydrogens is 310 g/mol. The van der Waals surface area contributed by atoms with E-state index in [0.717, 1.165) is 5.57 Å². The second kappa shape index (κ2) is 7.29. The van der Waals surface area contributed by atoms with Gasteiger partial charge in [0.15, 0.2) is 0 Å². The molecule has 1 aliphatic rings. The van der Waals surface area contributed by atoms with Gasteiger partial charge in [-0.1, -0.05) is 30.7 Å². The number of carboxylic acid groups (broad SMARTS) is 1. The first-order valence-corrected chi connectivity index (χ1v) is 7.73. The van der Waals surface area contributed by atoms with Crippen LogP contribution in [-0.2, 0) is 14.3 Å². The lowest BCUT2D eigenvalue weighted by Crippen LogP contribution is -2.39. The van der Waals surface area contributed by atoms with E-state index in [0.29, 0.717) is 12.1 Å². The van der Waals surface area contributed by atoms with Crippen molar-refractivity contribution in [3.05, 3.63) is 41.5 Å². The number of rotatable bonds is 4. The Morgan fingerprint density at radius 3 is 2.54 bits per heavy atom. The van der Waals surface area contributed by atoms with Crippen molar-refractivity contribution in [1.29, 1.82) is 0 Å². The fraction of sp³-hybridized carbons (Fsp3) is 0.389. The highest BCUT2D eigenvalue weighted by Gasteiger charge is 2.39. The molecule has 3 atom stereocenters. The van der Waals surface area contributed by atoms with Gasteiger partial charge in [-0.15, -0.1) is 0 Å². The van der Waals surface area contributed by atoms with Crippen molar-refractivity contribution in [2.45, 2.75) is 20.3 Å². The van der Waals surface area contributed by atoms with E-state index in [1.165, 1.54) is 7.11 Å². The molecule has 24 heavy (non-hydrogen) atoms. The highest BCUT2D eigenvalue weighted by atomic mass is 16.5. The van der Waals surface area contributed by atoms with E-state index in [1.807, 2.05) is 13.0 Å². The predicted octanol–water partition coefficient (Wildman–Crippen LogP) is 2.71. The molecule has 0 unspecified atom stereocenters. The minimum absolute atomic E-state index is 0.233. The Hall–Kier alpha value is -2.63. The Balaban J connectivity index is 2.28. The van der Waals surface area contributed by atoms with Gasteiger partial charge in [0, 0.05) is 0 Å². The SMILES string of the molecule is COC(=O)c1ccccc1NC(=O)[C@H]1CC(C)=C[C@H](C)[C@H]1C(=O)O. The minimum atomic E-state index is -0.993. The van der Waals surface area contributed by atoms with Crippen LogP contribution in [0.15, 0.2) is 35.9 Å². The monoisotopic (exact) mass is 331 g/mol. The number of allylic oxidation sites excluding steroid dienone is 2. The lowest BCUT2D eigenvalue weighted by atomic mass is 9.73. The van der Waals surface area contributed by atoms with Gasteiger partial charge in [-0.3, -0.25) is 9.59 Å².